The van der Waals surface area contributed by atoms with E-state index in [1.54, 1.807) is 0 Å². The quantitative estimate of drug-likeness (QED) is 0.829. The maximum Gasteiger partial charge on any atom is 0.200 e. The molecule has 1 aliphatic rings. The number of nitrogens with one attached hydrogen (secondary N) is 2. The molecule has 0 fully saturated rings. The molecule has 78 valence electrons. The van der Waals surface area contributed by atoms with Gasteiger partial charge in [-0.25, -0.2) is 0 Å². The molecule has 2 N–H and O–H groups in total. The Hall–Kier alpha value is -1.01. The molecular formula is C9H9BrN4S. The van der Waals surface area contributed by atoms with Crippen LogP contribution in [0.15, 0.2) is 38.9 Å². The van der Waals surface area contributed by atoms with Crippen molar-refractivity contribution in [2.45, 2.75) is 0 Å². The number of rotatable bonds is 1. The zero-order chi connectivity index (χ0) is 10.7. The van der Waals surface area contributed by atoms with Crippen molar-refractivity contribution >= 4 is 38.7 Å². The third kappa shape index (κ3) is 2.51. The number of thioether (sulfide) groups is 1. The van der Waals surface area contributed by atoms with Crippen LogP contribution in [0.3, 0.4) is 0 Å². The van der Waals surface area contributed by atoms with Gasteiger partial charge in [-0.15, -0.1) is 5.10 Å². The highest BCUT2D eigenvalue weighted by Crippen LogP contribution is 2.11. The Morgan fingerprint density at radius 2 is 1.87 bits per heavy atom. The van der Waals surface area contributed by atoms with Crippen molar-refractivity contribution in [2.75, 3.05) is 6.26 Å². The molecular weight excluding hydrogens is 276 g/mol. The summed E-state index contributed by atoms with van der Waals surface area (Å²) in [4.78, 5) is 0. The van der Waals surface area contributed by atoms with Crippen LogP contribution in [-0.4, -0.2) is 17.3 Å². The summed E-state index contributed by atoms with van der Waals surface area (Å²) < 4.78 is 1.05. The summed E-state index contributed by atoms with van der Waals surface area (Å²) in [6, 6.07) is 7.87. The standard InChI is InChI=1S/C9H9BrN4S/c1-15-9-13-11-8(12-14-9)6-2-4-7(10)5-3-6/h2-5H,1H3,(H,11,12)(H,13,14). The Balaban J connectivity index is 2.14. The number of amidine groups is 2. The van der Waals surface area contributed by atoms with Crippen LogP contribution in [0.1, 0.15) is 5.56 Å². The summed E-state index contributed by atoms with van der Waals surface area (Å²) in [5, 5.41) is 9.03. The number of hydrazone groups is 2. The van der Waals surface area contributed by atoms with Gasteiger partial charge in [-0.1, -0.05) is 39.8 Å². The fourth-order valence-electron chi connectivity index (χ4n) is 1.09. The van der Waals surface area contributed by atoms with Crippen LogP contribution < -0.4 is 10.9 Å². The fourth-order valence-corrected chi connectivity index (χ4v) is 1.62. The Labute approximate surface area is 100 Å². The largest absolute Gasteiger partial charge is 0.257 e. The topological polar surface area (TPSA) is 48.8 Å². The summed E-state index contributed by atoms with van der Waals surface area (Å²) >= 11 is 4.89. The number of hydrogen-bond donors (Lipinski definition) is 2. The molecule has 0 aliphatic carbocycles. The highest BCUT2D eigenvalue weighted by Gasteiger charge is 2.08. The summed E-state index contributed by atoms with van der Waals surface area (Å²) in [5.41, 5.74) is 6.75. The molecule has 1 aliphatic heterocycles. The number of benzene rings is 1. The number of hydrogen-bond acceptors (Lipinski definition) is 5. The molecule has 0 saturated carbocycles. The molecule has 0 atom stereocenters. The van der Waals surface area contributed by atoms with Crippen LogP contribution >= 0.6 is 27.7 Å². The zero-order valence-corrected chi connectivity index (χ0v) is 10.4. The number of nitrogens with zero attached hydrogens (tertiary/aromatic N) is 2. The Bertz CT molecular complexity index is 413. The van der Waals surface area contributed by atoms with E-state index >= 15 is 0 Å². The van der Waals surface area contributed by atoms with Gasteiger partial charge in [0.1, 0.15) is 0 Å². The van der Waals surface area contributed by atoms with Crippen LogP contribution in [-0.2, 0) is 0 Å². The van der Waals surface area contributed by atoms with Gasteiger partial charge in [-0.05, 0) is 18.4 Å². The summed E-state index contributed by atoms with van der Waals surface area (Å²) in [7, 11) is 0. The Morgan fingerprint density at radius 3 is 2.40 bits per heavy atom. The van der Waals surface area contributed by atoms with E-state index in [1.165, 1.54) is 11.8 Å². The van der Waals surface area contributed by atoms with Crippen LogP contribution in [0.25, 0.3) is 0 Å². The molecule has 0 bridgehead atoms. The minimum atomic E-state index is 0.723. The monoisotopic (exact) mass is 284 g/mol. The van der Waals surface area contributed by atoms with Gasteiger partial charge in [0.2, 0.25) is 5.17 Å². The minimum Gasteiger partial charge on any atom is -0.257 e. The molecule has 2 rings (SSSR count). The third-order valence-electron chi connectivity index (χ3n) is 1.84. The van der Waals surface area contributed by atoms with Gasteiger partial charge in [0.05, 0.1) is 0 Å². The first kappa shape index (κ1) is 10.5. The fraction of sp³-hybridized carbons (Fsp3) is 0.111. The van der Waals surface area contributed by atoms with E-state index in [4.69, 9.17) is 0 Å². The van der Waals surface area contributed by atoms with Gasteiger partial charge in [0, 0.05) is 10.0 Å². The molecule has 6 heteroatoms. The average molecular weight is 285 g/mol. The summed E-state index contributed by atoms with van der Waals surface area (Å²) in [6.07, 6.45) is 1.94. The second-order valence-corrected chi connectivity index (χ2v) is 4.52. The highest BCUT2D eigenvalue weighted by molar-refractivity contribution is 9.10. The van der Waals surface area contributed by atoms with E-state index in [1.807, 2.05) is 30.5 Å². The predicted molar refractivity (Wildman–Crippen MR) is 67.9 cm³/mol. The van der Waals surface area contributed by atoms with Gasteiger partial charge in [0.15, 0.2) is 5.84 Å². The van der Waals surface area contributed by atoms with Crippen molar-refractivity contribution in [3.63, 3.8) is 0 Å². The van der Waals surface area contributed by atoms with Crippen molar-refractivity contribution in [3.05, 3.63) is 34.3 Å². The maximum absolute atomic E-state index is 4.17. The molecule has 1 aromatic rings. The molecule has 0 spiro atoms. The van der Waals surface area contributed by atoms with E-state index in [-0.39, 0.29) is 0 Å². The Morgan fingerprint density at radius 1 is 1.13 bits per heavy atom. The van der Waals surface area contributed by atoms with E-state index in [0.717, 1.165) is 21.0 Å². The van der Waals surface area contributed by atoms with Crippen molar-refractivity contribution in [1.82, 2.24) is 10.9 Å². The van der Waals surface area contributed by atoms with Gasteiger partial charge in [-0.3, -0.25) is 10.9 Å². The molecule has 0 amide bonds. The molecule has 4 nitrogen and oxygen atoms in total. The highest BCUT2D eigenvalue weighted by atomic mass is 79.9. The van der Waals surface area contributed by atoms with Gasteiger partial charge in [0.25, 0.3) is 0 Å². The van der Waals surface area contributed by atoms with E-state index in [9.17, 15) is 0 Å². The lowest BCUT2D eigenvalue weighted by molar-refractivity contribution is 0.899. The van der Waals surface area contributed by atoms with Crippen molar-refractivity contribution < 1.29 is 0 Å². The molecule has 15 heavy (non-hydrogen) atoms. The minimum absolute atomic E-state index is 0.723. The van der Waals surface area contributed by atoms with Crippen LogP contribution in [0.2, 0.25) is 0 Å². The first-order chi connectivity index (χ1) is 7.29. The zero-order valence-electron chi connectivity index (χ0n) is 7.99. The first-order valence-corrected chi connectivity index (χ1v) is 6.28. The van der Waals surface area contributed by atoms with Gasteiger partial charge >= 0.3 is 0 Å². The lowest BCUT2D eigenvalue weighted by Crippen LogP contribution is -2.32. The normalized spacial score (nSPS) is 14.8. The predicted octanol–water partition coefficient (Wildman–Crippen LogP) is 1.94. The SMILES string of the molecule is CSC1=NNC(c2ccc(Br)cc2)=NN1. The molecule has 0 aromatic heterocycles. The van der Waals surface area contributed by atoms with E-state index in [0.29, 0.717) is 0 Å². The molecule has 0 saturated heterocycles. The average Bonchev–Trinajstić information content (AvgIpc) is 2.30. The maximum atomic E-state index is 4.17. The lowest BCUT2D eigenvalue weighted by atomic mass is 10.2. The van der Waals surface area contributed by atoms with Gasteiger partial charge in [-0.2, -0.15) is 5.10 Å². The van der Waals surface area contributed by atoms with Crippen LogP contribution in [0.5, 0.6) is 0 Å². The third-order valence-corrected chi connectivity index (χ3v) is 2.94. The summed E-state index contributed by atoms with van der Waals surface area (Å²) in [6.45, 7) is 0. The second-order valence-electron chi connectivity index (χ2n) is 2.81. The van der Waals surface area contributed by atoms with E-state index in [2.05, 4.69) is 37.0 Å². The van der Waals surface area contributed by atoms with E-state index < -0.39 is 0 Å². The molecule has 1 heterocycles. The first-order valence-electron chi connectivity index (χ1n) is 4.27. The van der Waals surface area contributed by atoms with Crippen molar-refractivity contribution in [1.29, 1.82) is 0 Å². The van der Waals surface area contributed by atoms with Crippen LogP contribution in [0, 0.1) is 0 Å². The lowest BCUT2D eigenvalue weighted by Gasteiger charge is -2.13. The van der Waals surface area contributed by atoms with Crippen LogP contribution in [0.4, 0.5) is 0 Å². The molecule has 0 radical (unpaired) electrons. The second kappa shape index (κ2) is 4.67. The van der Waals surface area contributed by atoms with Crippen molar-refractivity contribution in [3.8, 4) is 0 Å². The Kier molecular flexibility index (Phi) is 3.27. The smallest absolute Gasteiger partial charge is 0.200 e. The molecule has 1 aromatic carbocycles. The number of halogens is 1. The summed E-state index contributed by atoms with van der Waals surface area (Å²) in [5.74, 6) is 0.723. The molecule has 0 unspecified atom stereocenters. The van der Waals surface area contributed by atoms with Gasteiger partial charge < -0.3 is 0 Å². The van der Waals surface area contributed by atoms with Crippen molar-refractivity contribution in [2.24, 2.45) is 10.2 Å².